The summed E-state index contributed by atoms with van der Waals surface area (Å²) in [6.45, 7) is 7.08. The Kier molecular flexibility index (Phi) is 5.34. The minimum atomic E-state index is -1.09. The van der Waals surface area contributed by atoms with Gasteiger partial charge in [-0.2, -0.15) is 0 Å². The lowest BCUT2D eigenvalue weighted by Gasteiger charge is -2.21. The van der Waals surface area contributed by atoms with Crippen molar-refractivity contribution in [1.82, 2.24) is 4.90 Å². The molecule has 0 aliphatic carbocycles. The predicted molar refractivity (Wildman–Crippen MR) is 80.8 cm³/mol. The molecule has 1 heterocycles. The van der Waals surface area contributed by atoms with Crippen LogP contribution in [0, 0.1) is 17.7 Å². The molecular formula is C17H24FNO2. The fraction of sp³-hybridized carbons (Fsp3) is 0.588. The fourth-order valence-electron chi connectivity index (χ4n) is 3.06. The molecule has 1 aliphatic rings. The number of halogens is 1. The number of rotatable bonds is 4. The summed E-state index contributed by atoms with van der Waals surface area (Å²) >= 11 is 0. The van der Waals surface area contributed by atoms with Crippen LogP contribution in [0.1, 0.15) is 49.0 Å². The molecule has 0 radical (unpaired) electrons. The molecule has 0 bridgehead atoms. The van der Waals surface area contributed by atoms with Crippen molar-refractivity contribution in [1.29, 1.82) is 0 Å². The van der Waals surface area contributed by atoms with E-state index in [2.05, 4.69) is 18.7 Å². The number of likely N-dealkylation sites (tertiary alicyclic amines) is 1. The second-order valence-electron chi connectivity index (χ2n) is 6.32. The Bertz CT molecular complexity index is 502. The van der Waals surface area contributed by atoms with Gasteiger partial charge in [0.15, 0.2) is 0 Å². The molecule has 1 N–H and O–H groups in total. The van der Waals surface area contributed by atoms with Crippen molar-refractivity contribution in [2.75, 3.05) is 13.1 Å². The maximum Gasteiger partial charge on any atom is 0.335 e. The lowest BCUT2D eigenvalue weighted by atomic mass is 9.89. The number of carboxylic acids is 1. The molecule has 0 saturated carbocycles. The molecule has 116 valence electrons. The summed E-state index contributed by atoms with van der Waals surface area (Å²) in [6, 6.07) is 4.20. The normalized spacial score (nSPS) is 20.5. The zero-order valence-electron chi connectivity index (χ0n) is 12.8. The number of aromatic carboxylic acids is 1. The molecule has 1 fully saturated rings. The highest BCUT2D eigenvalue weighted by Gasteiger charge is 2.20. The quantitative estimate of drug-likeness (QED) is 0.918. The summed E-state index contributed by atoms with van der Waals surface area (Å²) in [6.07, 6.45) is 3.55. The fourth-order valence-corrected chi connectivity index (χ4v) is 3.06. The van der Waals surface area contributed by atoms with Crippen molar-refractivity contribution < 1.29 is 14.3 Å². The van der Waals surface area contributed by atoms with Gasteiger partial charge >= 0.3 is 5.97 Å². The van der Waals surface area contributed by atoms with Gasteiger partial charge in [-0.05, 0) is 56.3 Å². The van der Waals surface area contributed by atoms with Gasteiger partial charge < -0.3 is 5.11 Å². The molecule has 0 amide bonds. The smallest absolute Gasteiger partial charge is 0.335 e. The predicted octanol–water partition coefficient (Wildman–Crippen LogP) is 3.78. The lowest BCUT2D eigenvalue weighted by molar-refractivity contribution is 0.0696. The van der Waals surface area contributed by atoms with Crippen LogP contribution in [0.15, 0.2) is 18.2 Å². The lowest BCUT2D eigenvalue weighted by Crippen LogP contribution is -2.25. The van der Waals surface area contributed by atoms with Crippen LogP contribution in [0.5, 0.6) is 0 Å². The Balaban J connectivity index is 2.00. The van der Waals surface area contributed by atoms with Gasteiger partial charge in [0.25, 0.3) is 0 Å². The molecule has 1 aliphatic heterocycles. The SMILES string of the molecule is CC(C)C1CCCN(Cc2ccc(C(=O)O)cc2F)CC1. The number of hydrogen-bond acceptors (Lipinski definition) is 2. The van der Waals surface area contributed by atoms with Gasteiger partial charge in [0.1, 0.15) is 5.82 Å². The Labute approximate surface area is 125 Å². The minimum Gasteiger partial charge on any atom is -0.478 e. The van der Waals surface area contributed by atoms with E-state index in [0.717, 1.165) is 37.9 Å². The van der Waals surface area contributed by atoms with Gasteiger partial charge in [0.05, 0.1) is 5.56 Å². The first-order chi connectivity index (χ1) is 9.97. The van der Waals surface area contributed by atoms with E-state index in [1.54, 1.807) is 6.07 Å². The second kappa shape index (κ2) is 7.03. The topological polar surface area (TPSA) is 40.5 Å². The van der Waals surface area contributed by atoms with E-state index in [1.165, 1.54) is 12.5 Å². The molecule has 1 atom stereocenters. The highest BCUT2D eigenvalue weighted by Crippen LogP contribution is 2.25. The van der Waals surface area contributed by atoms with Crippen LogP contribution in [0.4, 0.5) is 4.39 Å². The molecule has 1 saturated heterocycles. The zero-order valence-corrected chi connectivity index (χ0v) is 12.8. The number of carboxylic acid groups (broad SMARTS) is 1. The third kappa shape index (κ3) is 4.27. The van der Waals surface area contributed by atoms with Crippen molar-refractivity contribution in [2.24, 2.45) is 11.8 Å². The van der Waals surface area contributed by atoms with E-state index in [4.69, 9.17) is 5.11 Å². The van der Waals surface area contributed by atoms with Gasteiger partial charge in [-0.1, -0.05) is 19.9 Å². The average Bonchev–Trinajstić information content (AvgIpc) is 2.66. The van der Waals surface area contributed by atoms with E-state index < -0.39 is 11.8 Å². The maximum atomic E-state index is 14.0. The van der Waals surface area contributed by atoms with E-state index in [1.807, 2.05) is 0 Å². The van der Waals surface area contributed by atoms with Crippen LogP contribution in [0.25, 0.3) is 0 Å². The number of benzene rings is 1. The Morgan fingerprint density at radius 3 is 2.76 bits per heavy atom. The van der Waals surface area contributed by atoms with E-state index in [0.29, 0.717) is 18.0 Å². The summed E-state index contributed by atoms with van der Waals surface area (Å²) in [7, 11) is 0. The van der Waals surface area contributed by atoms with E-state index in [-0.39, 0.29) is 5.56 Å². The number of carbonyl (C=O) groups is 1. The van der Waals surface area contributed by atoms with Gasteiger partial charge in [0, 0.05) is 12.1 Å². The summed E-state index contributed by atoms with van der Waals surface area (Å²) in [5.41, 5.74) is 0.593. The molecular weight excluding hydrogens is 269 g/mol. The van der Waals surface area contributed by atoms with Crippen LogP contribution in [-0.2, 0) is 6.54 Å². The standard InChI is InChI=1S/C17H24FNO2/c1-12(2)13-4-3-8-19(9-7-13)11-15-6-5-14(17(20)21)10-16(15)18/h5-6,10,12-13H,3-4,7-9,11H2,1-2H3,(H,20,21). The van der Waals surface area contributed by atoms with Crippen LogP contribution < -0.4 is 0 Å². The number of nitrogens with zero attached hydrogens (tertiary/aromatic N) is 1. The minimum absolute atomic E-state index is 0.00647. The van der Waals surface area contributed by atoms with Gasteiger partial charge in [0.2, 0.25) is 0 Å². The van der Waals surface area contributed by atoms with Crippen LogP contribution in [0.2, 0.25) is 0 Å². The van der Waals surface area contributed by atoms with Crippen molar-refractivity contribution in [3.8, 4) is 0 Å². The van der Waals surface area contributed by atoms with Crippen LogP contribution in [0.3, 0.4) is 0 Å². The molecule has 1 aromatic carbocycles. The monoisotopic (exact) mass is 293 g/mol. The van der Waals surface area contributed by atoms with Gasteiger partial charge in [-0.3, -0.25) is 4.90 Å². The first-order valence-electron chi connectivity index (χ1n) is 7.71. The van der Waals surface area contributed by atoms with Crippen molar-refractivity contribution in [2.45, 2.75) is 39.7 Å². The zero-order chi connectivity index (χ0) is 15.4. The van der Waals surface area contributed by atoms with Crippen molar-refractivity contribution in [3.63, 3.8) is 0 Å². The molecule has 0 aromatic heterocycles. The molecule has 4 heteroatoms. The largest absolute Gasteiger partial charge is 0.478 e. The maximum absolute atomic E-state index is 14.0. The average molecular weight is 293 g/mol. The van der Waals surface area contributed by atoms with Gasteiger partial charge in [-0.15, -0.1) is 0 Å². The first kappa shape index (κ1) is 16.0. The Morgan fingerprint density at radius 1 is 1.38 bits per heavy atom. The van der Waals surface area contributed by atoms with Crippen LogP contribution in [-0.4, -0.2) is 29.1 Å². The molecule has 2 rings (SSSR count). The molecule has 21 heavy (non-hydrogen) atoms. The summed E-state index contributed by atoms with van der Waals surface area (Å²) in [5.74, 6) is -0.0414. The molecule has 0 spiro atoms. The summed E-state index contributed by atoms with van der Waals surface area (Å²) in [4.78, 5) is 13.1. The van der Waals surface area contributed by atoms with Crippen molar-refractivity contribution >= 4 is 5.97 Å². The van der Waals surface area contributed by atoms with E-state index >= 15 is 0 Å². The third-order valence-corrected chi connectivity index (χ3v) is 4.50. The molecule has 1 unspecified atom stereocenters. The highest BCUT2D eigenvalue weighted by atomic mass is 19.1. The summed E-state index contributed by atoms with van der Waals surface area (Å²) < 4.78 is 14.0. The highest BCUT2D eigenvalue weighted by molar-refractivity contribution is 5.87. The summed E-state index contributed by atoms with van der Waals surface area (Å²) in [5, 5.41) is 8.86. The molecule has 1 aromatic rings. The van der Waals surface area contributed by atoms with Crippen LogP contribution >= 0.6 is 0 Å². The number of hydrogen-bond donors (Lipinski definition) is 1. The van der Waals surface area contributed by atoms with E-state index in [9.17, 15) is 9.18 Å². The second-order valence-corrected chi connectivity index (χ2v) is 6.32. The Hall–Kier alpha value is -1.42. The Morgan fingerprint density at radius 2 is 2.14 bits per heavy atom. The van der Waals surface area contributed by atoms with Crippen molar-refractivity contribution in [3.05, 3.63) is 35.1 Å². The molecule has 3 nitrogen and oxygen atoms in total. The first-order valence-corrected chi connectivity index (χ1v) is 7.71. The third-order valence-electron chi connectivity index (χ3n) is 4.50. The van der Waals surface area contributed by atoms with Gasteiger partial charge in [-0.25, -0.2) is 9.18 Å².